The van der Waals surface area contributed by atoms with Crippen molar-refractivity contribution in [3.63, 3.8) is 0 Å². The summed E-state index contributed by atoms with van der Waals surface area (Å²) in [5.41, 5.74) is -2.66. The topological polar surface area (TPSA) is 47.4 Å². The molecule has 3 aromatic rings. The molecule has 31 heavy (non-hydrogen) atoms. The molecule has 0 atom stereocenters. The van der Waals surface area contributed by atoms with Crippen molar-refractivity contribution in [2.24, 2.45) is 7.05 Å². The van der Waals surface area contributed by atoms with Gasteiger partial charge in [0, 0.05) is 18.3 Å². The van der Waals surface area contributed by atoms with Gasteiger partial charge in [0.2, 0.25) is 0 Å². The number of amides is 1. The van der Waals surface area contributed by atoms with Crippen LogP contribution in [-0.2, 0) is 19.8 Å². The van der Waals surface area contributed by atoms with E-state index in [1.165, 1.54) is 38.4 Å². The summed E-state index contributed by atoms with van der Waals surface area (Å²) in [6.45, 7) is -0.736. The molecule has 0 N–H and O–H groups in total. The first-order valence-electron chi connectivity index (χ1n) is 8.73. The number of ether oxygens (including phenoxy) is 1. The van der Waals surface area contributed by atoms with E-state index in [9.17, 15) is 26.7 Å². The summed E-state index contributed by atoms with van der Waals surface area (Å²) in [6, 6.07) is 8.45. The van der Waals surface area contributed by atoms with E-state index in [-0.39, 0.29) is 10.8 Å². The van der Waals surface area contributed by atoms with E-state index in [0.717, 1.165) is 27.8 Å². The monoisotopic (exact) mass is 459 g/mol. The molecule has 5 nitrogen and oxygen atoms in total. The van der Waals surface area contributed by atoms with E-state index < -0.39 is 47.1 Å². The Hall–Kier alpha value is -3.14. The van der Waals surface area contributed by atoms with Crippen molar-refractivity contribution in [2.75, 3.05) is 12.0 Å². The van der Waals surface area contributed by atoms with Crippen LogP contribution in [0.4, 0.5) is 27.6 Å². The quantitative estimate of drug-likeness (QED) is 0.491. The number of rotatable bonds is 5. The van der Waals surface area contributed by atoms with Gasteiger partial charge in [-0.05, 0) is 36.4 Å². The Kier molecular flexibility index (Phi) is 6.21. The molecule has 0 radical (unpaired) electrons. The van der Waals surface area contributed by atoms with Gasteiger partial charge in [-0.15, -0.1) is 0 Å². The average Bonchev–Trinajstić information content (AvgIpc) is 3.00. The van der Waals surface area contributed by atoms with Crippen LogP contribution in [0.2, 0.25) is 5.15 Å². The minimum Gasteiger partial charge on any atom is -0.497 e. The standard InChI is InChI=1S/C20H15ClF5N3O2/c1-28-18(21)13(17(27-28)20(24,25)26)10-29(11-6-8-12(31-2)9-7-11)19(30)16-14(22)4-3-5-15(16)23/h3-9H,10H2,1-2H3. The number of aromatic nitrogens is 2. The summed E-state index contributed by atoms with van der Waals surface area (Å²) in [5.74, 6) is -3.09. The van der Waals surface area contributed by atoms with Crippen molar-refractivity contribution >= 4 is 23.2 Å². The zero-order valence-corrected chi connectivity index (χ0v) is 16.9. The molecular formula is C20H15ClF5N3O2. The molecule has 0 aliphatic heterocycles. The number of carbonyl (C=O) groups excluding carboxylic acids is 1. The van der Waals surface area contributed by atoms with Crippen molar-refractivity contribution in [1.82, 2.24) is 9.78 Å². The lowest BCUT2D eigenvalue weighted by Gasteiger charge is -2.24. The smallest absolute Gasteiger partial charge is 0.435 e. The fourth-order valence-corrected chi connectivity index (χ4v) is 3.14. The molecular weight excluding hydrogens is 445 g/mol. The van der Waals surface area contributed by atoms with E-state index >= 15 is 0 Å². The van der Waals surface area contributed by atoms with Gasteiger partial charge in [0.15, 0.2) is 5.69 Å². The number of hydrogen-bond acceptors (Lipinski definition) is 3. The lowest BCUT2D eigenvalue weighted by Crippen LogP contribution is -2.32. The largest absolute Gasteiger partial charge is 0.497 e. The van der Waals surface area contributed by atoms with Gasteiger partial charge in [-0.1, -0.05) is 17.7 Å². The number of nitrogens with zero attached hydrogens (tertiary/aromatic N) is 3. The maximum Gasteiger partial charge on any atom is 0.435 e. The first kappa shape index (κ1) is 22.5. The van der Waals surface area contributed by atoms with Gasteiger partial charge in [0.1, 0.15) is 28.1 Å². The summed E-state index contributed by atoms with van der Waals surface area (Å²) >= 11 is 6.01. The summed E-state index contributed by atoms with van der Waals surface area (Å²) in [6.07, 6.45) is -4.86. The molecule has 0 fully saturated rings. The third kappa shape index (κ3) is 4.48. The fourth-order valence-electron chi connectivity index (χ4n) is 2.95. The summed E-state index contributed by atoms with van der Waals surface area (Å²) in [7, 11) is 2.61. The van der Waals surface area contributed by atoms with Crippen LogP contribution in [0.15, 0.2) is 42.5 Å². The number of carbonyl (C=O) groups is 1. The van der Waals surface area contributed by atoms with Crippen LogP contribution in [0, 0.1) is 11.6 Å². The molecule has 1 heterocycles. The number of benzene rings is 2. The average molecular weight is 460 g/mol. The number of anilines is 1. The van der Waals surface area contributed by atoms with Crippen molar-refractivity contribution < 1.29 is 31.5 Å². The Labute approximate surface area is 178 Å². The van der Waals surface area contributed by atoms with Gasteiger partial charge in [-0.2, -0.15) is 18.3 Å². The molecule has 0 aliphatic rings. The highest BCUT2D eigenvalue weighted by atomic mass is 35.5. The molecule has 0 bridgehead atoms. The first-order chi connectivity index (χ1) is 14.5. The minimum atomic E-state index is -4.86. The normalized spacial score (nSPS) is 11.5. The van der Waals surface area contributed by atoms with Crippen molar-refractivity contribution in [3.05, 3.63) is 76.1 Å². The Balaban J connectivity index is 2.15. The van der Waals surface area contributed by atoms with Crippen molar-refractivity contribution in [1.29, 1.82) is 0 Å². The van der Waals surface area contributed by atoms with Gasteiger partial charge in [-0.25, -0.2) is 8.78 Å². The Morgan fingerprint density at radius 2 is 1.71 bits per heavy atom. The van der Waals surface area contributed by atoms with Gasteiger partial charge >= 0.3 is 6.18 Å². The van der Waals surface area contributed by atoms with Gasteiger partial charge in [0.05, 0.1) is 13.7 Å². The molecule has 11 heteroatoms. The molecule has 164 valence electrons. The van der Waals surface area contributed by atoms with Crippen LogP contribution in [0.1, 0.15) is 21.6 Å². The van der Waals surface area contributed by atoms with Crippen molar-refractivity contribution in [3.8, 4) is 5.75 Å². The number of aryl methyl sites for hydroxylation is 1. The maximum atomic E-state index is 14.3. The van der Waals surface area contributed by atoms with Crippen LogP contribution < -0.4 is 9.64 Å². The fraction of sp³-hybridized carbons (Fsp3) is 0.200. The van der Waals surface area contributed by atoms with Gasteiger partial charge in [-0.3, -0.25) is 9.48 Å². The lowest BCUT2D eigenvalue weighted by atomic mass is 10.1. The van der Waals surface area contributed by atoms with E-state index in [2.05, 4.69) is 5.10 Å². The molecule has 0 saturated carbocycles. The highest BCUT2D eigenvalue weighted by molar-refractivity contribution is 6.30. The van der Waals surface area contributed by atoms with Crippen LogP contribution >= 0.6 is 11.6 Å². The number of hydrogen-bond donors (Lipinski definition) is 0. The van der Waals surface area contributed by atoms with Crippen molar-refractivity contribution in [2.45, 2.75) is 12.7 Å². The third-order valence-corrected chi connectivity index (χ3v) is 4.93. The lowest BCUT2D eigenvalue weighted by molar-refractivity contribution is -0.142. The summed E-state index contributed by atoms with van der Waals surface area (Å²) in [4.78, 5) is 13.9. The van der Waals surface area contributed by atoms with Gasteiger partial charge in [0.25, 0.3) is 5.91 Å². The van der Waals surface area contributed by atoms with E-state index in [1.807, 2.05) is 0 Å². The molecule has 0 unspecified atom stereocenters. The van der Waals surface area contributed by atoms with Crippen LogP contribution in [0.3, 0.4) is 0 Å². The highest BCUT2D eigenvalue weighted by Crippen LogP contribution is 2.36. The Bertz CT molecular complexity index is 1090. The molecule has 0 saturated heterocycles. The summed E-state index contributed by atoms with van der Waals surface area (Å²) in [5, 5.41) is 3.01. The zero-order chi connectivity index (χ0) is 22.9. The Morgan fingerprint density at radius 1 is 1.13 bits per heavy atom. The maximum absolute atomic E-state index is 14.3. The molecule has 1 amide bonds. The number of alkyl halides is 3. The first-order valence-corrected chi connectivity index (χ1v) is 9.11. The minimum absolute atomic E-state index is 0.0708. The van der Waals surface area contributed by atoms with E-state index in [1.54, 1.807) is 0 Å². The van der Waals surface area contributed by atoms with Crippen LogP contribution in [0.25, 0.3) is 0 Å². The van der Waals surface area contributed by atoms with Crippen LogP contribution in [0.5, 0.6) is 5.75 Å². The highest BCUT2D eigenvalue weighted by Gasteiger charge is 2.40. The van der Waals surface area contributed by atoms with E-state index in [0.29, 0.717) is 5.75 Å². The molecule has 1 aromatic heterocycles. The molecule has 0 spiro atoms. The SMILES string of the molecule is COc1ccc(N(Cc2c(C(F)(F)F)nn(C)c2Cl)C(=O)c2c(F)cccc2F)cc1. The third-order valence-electron chi connectivity index (χ3n) is 4.46. The molecule has 0 aliphatic carbocycles. The number of halogens is 6. The second kappa shape index (κ2) is 8.54. The van der Waals surface area contributed by atoms with Crippen LogP contribution in [-0.4, -0.2) is 22.8 Å². The second-order valence-corrected chi connectivity index (χ2v) is 6.78. The Morgan fingerprint density at radius 3 is 2.23 bits per heavy atom. The predicted octanol–water partition coefficient (Wildman–Crippen LogP) is 5.23. The zero-order valence-electron chi connectivity index (χ0n) is 16.2. The predicted molar refractivity (Wildman–Crippen MR) is 103 cm³/mol. The summed E-state index contributed by atoms with van der Waals surface area (Å²) < 4.78 is 74.8. The molecule has 3 rings (SSSR count). The number of methoxy groups -OCH3 is 1. The van der Waals surface area contributed by atoms with E-state index in [4.69, 9.17) is 16.3 Å². The second-order valence-electron chi connectivity index (χ2n) is 6.43. The molecule has 2 aromatic carbocycles. The van der Waals surface area contributed by atoms with Gasteiger partial charge < -0.3 is 9.64 Å².